The van der Waals surface area contributed by atoms with E-state index in [1.54, 1.807) is 11.3 Å². The molecule has 0 N–H and O–H groups in total. The van der Waals surface area contributed by atoms with Crippen LogP contribution in [0.4, 0.5) is 0 Å². The number of thiazole rings is 1. The predicted octanol–water partition coefficient (Wildman–Crippen LogP) is 4.30. The van der Waals surface area contributed by atoms with Gasteiger partial charge in [-0.25, -0.2) is 4.98 Å². The second-order valence-electron chi connectivity index (χ2n) is 7.21. The number of fused-ring (bicyclic) bond motifs is 2. The summed E-state index contributed by atoms with van der Waals surface area (Å²) in [5.41, 5.74) is 4.65. The molecule has 0 saturated heterocycles. The molecule has 1 atom stereocenters. The molecule has 1 unspecified atom stereocenters. The maximum Gasteiger partial charge on any atom is 0.233 e. The van der Waals surface area contributed by atoms with Crippen molar-refractivity contribution in [3.63, 3.8) is 0 Å². The Labute approximate surface area is 177 Å². The number of hydrogen-bond donors (Lipinski definition) is 0. The van der Waals surface area contributed by atoms with Crippen LogP contribution >= 0.6 is 23.1 Å². The number of aromatic nitrogens is 3. The van der Waals surface area contributed by atoms with Gasteiger partial charge in [0, 0.05) is 32.3 Å². The summed E-state index contributed by atoms with van der Waals surface area (Å²) in [6.45, 7) is 1.34. The van der Waals surface area contributed by atoms with E-state index in [4.69, 9.17) is 0 Å². The van der Waals surface area contributed by atoms with Gasteiger partial charge in [0.25, 0.3) is 0 Å². The minimum absolute atomic E-state index is 0.151. The Morgan fingerprint density at radius 3 is 2.86 bits per heavy atom. The second kappa shape index (κ2) is 7.65. The molecular formula is C22H20N4OS2. The van der Waals surface area contributed by atoms with E-state index < -0.39 is 0 Å². The van der Waals surface area contributed by atoms with Crippen LogP contribution in [0.1, 0.15) is 22.6 Å². The van der Waals surface area contributed by atoms with Crippen LogP contribution in [-0.2, 0) is 18.4 Å². The van der Waals surface area contributed by atoms with Gasteiger partial charge in [-0.1, -0.05) is 48.2 Å². The van der Waals surface area contributed by atoms with Crippen molar-refractivity contribution in [2.45, 2.75) is 16.8 Å². The first kappa shape index (κ1) is 18.4. The molecule has 5 rings (SSSR count). The van der Waals surface area contributed by atoms with E-state index >= 15 is 0 Å². The highest BCUT2D eigenvalue weighted by Gasteiger charge is 2.29. The Hall–Kier alpha value is -2.64. The first-order valence-electron chi connectivity index (χ1n) is 9.50. The van der Waals surface area contributed by atoms with Gasteiger partial charge < -0.3 is 4.90 Å². The lowest BCUT2D eigenvalue weighted by Gasteiger charge is -2.34. The lowest BCUT2D eigenvalue weighted by molar-refractivity contribution is -0.129. The van der Waals surface area contributed by atoms with Crippen molar-refractivity contribution in [1.29, 1.82) is 0 Å². The van der Waals surface area contributed by atoms with Crippen LogP contribution in [0.3, 0.4) is 0 Å². The highest BCUT2D eigenvalue weighted by molar-refractivity contribution is 8.01. The van der Waals surface area contributed by atoms with E-state index in [1.165, 1.54) is 22.9 Å². The minimum atomic E-state index is 0.151. The summed E-state index contributed by atoms with van der Waals surface area (Å²) in [6, 6.07) is 16.5. The van der Waals surface area contributed by atoms with E-state index in [0.29, 0.717) is 18.8 Å². The number of amides is 1. The summed E-state index contributed by atoms with van der Waals surface area (Å²) >= 11 is 3.17. The highest BCUT2D eigenvalue weighted by atomic mass is 32.2. The molecule has 3 heterocycles. The molecule has 0 fully saturated rings. The van der Waals surface area contributed by atoms with Crippen LogP contribution in [-0.4, -0.2) is 37.9 Å². The average molecular weight is 421 g/mol. The minimum Gasteiger partial charge on any atom is -0.337 e. The zero-order chi connectivity index (χ0) is 19.8. The van der Waals surface area contributed by atoms with Crippen molar-refractivity contribution in [2.75, 3.05) is 12.3 Å². The van der Waals surface area contributed by atoms with Gasteiger partial charge in [-0.15, -0.1) is 11.3 Å². The Morgan fingerprint density at radius 1 is 1.21 bits per heavy atom. The molecule has 2 aromatic heterocycles. The van der Waals surface area contributed by atoms with Gasteiger partial charge in [-0.2, -0.15) is 5.10 Å². The van der Waals surface area contributed by atoms with Gasteiger partial charge in [0.05, 0.1) is 22.2 Å². The van der Waals surface area contributed by atoms with Crippen molar-refractivity contribution < 1.29 is 4.79 Å². The molecule has 0 saturated carbocycles. The molecule has 4 aromatic rings. The van der Waals surface area contributed by atoms with E-state index in [2.05, 4.69) is 34.3 Å². The maximum absolute atomic E-state index is 13.0. The van der Waals surface area contributed by atoms with Crippen LogP contribution in [0.15, 0.2) is 65.3 Å². The van der Waals surface area contributed by atoms with Crippen molar-refractivity contribution in [3.05, 3.63) is 77.6 Å². The number of thioether (sulfide) groups is 1. The van der Waals surface area contributed by atoms with Gasteiger partial charge in [0.2, 0.25) is 5.91 Å². The number of aryl methyl sites for hydroxylation is 1. The number of carbonyl (C=O) groups excluding carboxylic acids is 1. The smallest absolute Gasteiger partial charge is 0.233 e. The molecule has 0 aliphatic carbocycles. The lowest BCUT2D eigenvalue weighted by atomic mass is 9.86. The molecule has 2 aromatic carbocycles. The fourth-order valence-corrected chi connectivity index (χ4v) is 5.80. The van der Waals surface area contributed by atoms with E-state index in [9.17, 15) is 4.79 Å². The largest absolute Gasteiger partial charge is 0.337 e. The topological polar surface area (TPSA) is 51.0 Å². The standard InChI is InChI=1S/C22H20N4OS2/c1-25-11-16(10-23-25)18-13-26(12-15-6-2-3-7-17(15)18)21(27)14-28-22-24-19-8-4-5-9-20(19)29-22/h2-11,18H,12-14H2,1H3. The number of para-hydroxylation sites is 1. The summed E-state index contributed by atoms with van der Waals surface area (Å²) in [5, 5.41) is 4.33. The quantitative estimate of drug-likeness (QED) is 0.462. The van der Waals surface area contributed by atoms with E-state index in [0.717, 1.165) is 20.1 Å². The summed E-state index contributed by atoms with van der Waals surface area (Å²) in [7, 11) is 1.93. The Morgan fingerprint density at radius 2 is 2.03 bits per heavy atom. The van der Waals surface area contributed by atoms with E-state index in [-0.39, 0.29) is 11.8 Å². The number of rotatable bonds is 4. The third-order valence-corrected chi connectivity index (χ3v) is 7.43. The van der Waals surface area contributed by atoms with Gasteiger partial charge in [0.1, 0.15) is 0 Å². The van der Waals surface area contributed by atoms with Crippen molar-refractivity contribution >= 4 is 39.2 Å². The second-order valence-corrected chi connectivity index (χ2v) is 9.46. The average Bonchev–Trinajstić information content (AvgIpc) is 3.36. The van der Waals surface area contributed by atoms with Crippen LogP contribution in [0.2, 0.25) is 0 Å². The van der Waals surface area contributed by atoms with Crippen LogP contribution in [0.25, 0.3) is 10.2 Å². The van der Waals surface area contributed by atoms with Crippen molar-refractivity contribution in [1.82, 2.24) is 19.7 Å². The third kappa shape index (κ3) is 3.68. The summed E-state index contributed by atoms with van der Waals surface area (Å²) in [4.78, 5) is 19.6. The highest BCUT2D eigenvalue weighted by Crippen LogP contribution is 2.34. The zero-order valence-electron chi connectivity index (χ0n) is 16.0. The zero-order valence-corrected chi connectivity index (χ0v) is 17.6. The first-order chi connectivity index (χ1) is 14.2. The first-order valence-corrected chi connectivity index (χ1v) is 11.3. The molecule has 0 spiro atoms. The predicted molar refractivity (Wildman–Crippen MR) is 117 cm³/mol. The molecule has 7 heteroatoms. The monoisotopic (exact) mass is 420 g/mol. The molecule has 1 aliphatic heterocycles. The summed E-state index contributed by atoms with van der Waals surface area (Å²) in [6.07, 6.45) is 3.95. The molecule has 0 radical (unpaired) electrons. The SMILES string of the molecule is Cn1cc(C2CN(C(=O)CSc3nc4ccccc4s3)Cc3ccccc32)cn1. The van der Waals surface area contributed by atoms with Crippen molar-refractivity contribution in [3.8, 4) is 0 Å². The van der Waals surface area contributed by atoms with Crippen LogP contribution in [0.5, 0.6) is 0 Å². The Bertz CT molecular complexity index is 1150. The fourth-order valence-electron chi connectivity index (χ4n) is 3.83. The van der Waals surface area contributed by atoms with E-state index in [1.807, 2.05) is 53.3 Å². The van der Waals surface area contributed by atoms with Crippen LogP contribution in [0, 0.1) is 0 Å². The fraction of sp³-hybridized carbons (Fsp3) is 0.227. The number of nitrogens with zero attached hydrogens (tertiary/aromatic N) is 4. The third-order valence-electron chi connectivity index (χ3n) is 5.27. The molecule has 29 heavy (non-hydrogen) atoms. The molecule has 146 valence electrons. The van der Waals surface area contributed by atoms with Crippen molar-refractivity contribution in [2.24, 2.45) is 7.05 Å². The van der Waals surface area contributed by atoms with Gasteiger partial charge in [-0.3, -0.25) is 9.48 Å². The summed E-state index contributed by atoms with van der Waals surface area (Å²) < 4.78 is 3.92. The Balaban J connectivity index is 1.34. The number of carbonyl (C=O) groups is 1. The lowest BCUT2D eigenvalue weighted by Crippen LogP contribution is -2.39. The molecule has 5 nitrogen and oxygen atoms in total. The number of hydrogen-bond acceptors (Lipinski definition) is 5. The number of benzene rings is 2. The molecule has 1 amide bonds. The van der Waals surface area contributed by atoms with Gasteiger partial charge >= 0.3 is 0 Å². The summed E-state index contributed by atoms with van der Waals surface area (Å²) in [5.74, 6) is 0.713. The maximum atomic E-state index is 13.0. The van der Waals surface area contributed by atoms with Gasteiger partial charge in [-0.05, 0) is 28.8 Å². The van der Waals surface area contributed by atoms with Gasteiger partial charge in [0.15, 0.2) is 4.34 Å². The molecular weight excluding hydrogens is 400 g/mol. The van der Waals surface area contributed by atoms with Crippen LogP contribution < -0.4 is 0 Å². The molecule has 0 bridgehead atoms. The normalized spacial score (nSPS) is 16.2. The molecule has 1 aliphatic rings. The Kier molecular flexibility index (Phi) is 4.85.